The lowest BCUT2D eigenvalue weighted by Crippen LogP contribution is -1.99. The molecule has 2 rings (SSSR count). The number of hydrogen-bond donors (Lipinski definition) is 0. The molecule has 0 N–H and O–H groups in total. The van der Waals surface area contributed by atoms with E-state index in [1.54, 1.807) is 0 Å². The number of esters is 1. The second kappa shape index (κ2) is 5.46. The first-order chi connectivity index (χ1) is 8.31. The first kappa shape index (κ1) is 11.6. The number of carbonyl (C=O) groups excluding carboxylic acids is 1. The van der Waals surface area contributed by atoms with Crippen LogP contribution in [0.4, 0.5) is 0 Å². The van der Waals surface area contributed by atoms with E-state index >= 15 is 0 Å². The second-order valence-corrected chi connectivity index (χ2v) is 4.36. The van der Waals surface area contributed by atoms with E-state index in [9.17, 15) is 4.79 Å². The lowest BCUT2D eigenvalue weighted by molar-refractivity contribution is 0.0606. The third kappa shape index (κ3) is 2.82. The molecule has 0 aliphatic rings. The van der Waals surface area contributed by atoms with Gasteiger partial charge in [-0.3, -0.25) is 0 Å². The summed E-state index contributed by atoms with van der Waals surface area (Å²) in [5.74, 6) is -0.285. The van der Waals surface area contributed by atoms with Crippen LogP contribution < -0.4 is 0 Å². The summed E-state index contributed by atoms with van der Waals surface area (Å²) in [4.78, 5) is 12.1. The van der Waals surface area contributed by atoms with Crippen LogP contribution in [0.3, 0.4) is 0 Å². The van der Waals surface area contributed by atoms with Crippen molar-refractivity contribution < 1.29 is 9.53 Å². The number of thiophene rings is 1. The van der Waals surface area contributed by atoms with Crippen molar-refractivity contribution in [3.8, 4) is 0 Å². The van der Waals surface area contributed by atoms with Crippen LogP contribution in [-0.2, 0) is 4.74 Å². The molecule has 0 spiro atoms. The molecule has 0 aliphatic heterocycles. The van der Waals surface area contributed by atoms with Gasteiger partial charge >= 0.3 is 5.97 Å². The molecule has 2 aromatic rings. The van der Waals surface area contributed by atoms with E-state index in [1.807, 2.05) is 53.9 Å². The molecule has 0 aliphatic carbocycles. The number of methoxy groups -OCH3 is 1. The minimum atomic E-state index is -0.285. The van der Waals surface area contributed by atoms with Gasteiger partial charge < -0.3 is 4.74 Å². The lowest BCUT2D eigenvalue weighted by atomic mass is 10.1. The Kier molecular flexibility index (Phi) is 3.73. The third-order valence-electron chi connectivity index (χ3n) is 2.32. The molecule has 0 saturated heterocycles. The SMILES string of the molecule is COC(=O)c1sccc1/C=C/c1ccccc1. The van der Waals surface area contributed by atoms with Crippen LogP contribution in [0.25, 0.3) is 12.2 Å². The van der Waals surface area contributed by atoms with Crippen LogP contribution in [0.1, 0.15) is 20.8 Å². The standard InChI is InChI=1S/C14H12O2S/c1-16-14(15)13-12(9-10-17-13)8-7-11-5-3-2-4-6-11/h2-10H,1H3/b8-7+. The zero-order chi connectivity index (χ0) is 12.1. The van der Waals surface area contributed by atoms with E-state index in [4.69, 9.17) is 4.74 Å². The Labute approximate surface area is 104 Å². The van der Waals surface area contributed by atoms with Gasteiger partial charge in [-0.05, 0) is 22.6 Å². The maximum atomic E-state index is 11.5. The topological polar surface area (TPSA) is 26.3 Å². The summed E-state index contributed by atoms with van der Waals surface area (Å²) in [5, 5.41) is 1.89. The van der Waals surface area contributed by atoms with E-state index < -0.39 is 0 Å². The molecule has 0 radical (unpaired) electrons. The van der Waals surface area contributed by atoms with Crippen molar-refractivity contribution in [3.63, 3.8) is 0 Å². The summed E-state index contributed by atoms with van der Waals surface area (Å²) in [5.41, 5.74) is 2.00. The van der Waals surface area contributed by atoms with E-state index in [0.29, 0.717) is 4.88 Å². The number of ether oxygens (including phenoxy) is 1. The van der Waals surface area contributed by atoms with Crippen molar-refractivity contribution >= 4 is 29.5 Å². The smallest absolute Gasteiger partial charge is 0.348 e. The molecule has 1 aromatic carbocycles. The Balaban J connectivity index is 2.22. The van der Waals surface area contributed by atoms with Crippen molar-refractivity contribution in [2.75, 3.05) is 7.11 Å². The summed E-state index contributed by atoms with van der Waals surface area (Å²) in [6, 6.07) is 11.9. The largest absolute Gasteiger partial charge is 0.465 e. The maximum Gasteiger partial charge on any atom is 0.348 e. The monoisotopic (exact) mass is 244 g/mol. The van der Waals surface area contributed by atoms with Crippen molar-refractivity contribution in [1.29, 1.82) is 0 Å². The fourth-order valence-corrected chi connectivity index (χ4v) is 2.26. The third-order valence-corrected chi connectivity index (χ3v) is 3.23. The number of hydrogen-bond acceptors (Lipinski definition) is 3. The first-order valence-electron chi connectivity index (χ1n) is 5.20. The predicted molar refractivity (Wildman–Crippen MR) is 71.0 cm³/mol. The quantitative estimate of drug-likeness (QED) is 0.769. The van der Waals surface area contributed by atoms with Crippen LogP contribution in [0.2, 0.25) is 0 Å². The van der Waals surface area contributed by atoms with Crippen LogP contribution in [0.15, 0.2) is 41.8 Å². The van der Waals surface area contributed by atoms with Gasteiger partial charge in [0.1, 0.15) is 4.88 Å². The van der Waals surface area contributed by atoms with E-state index in [2.05, 4.69) is 0 Å². The van der Waals surface area contributed by atoms with Crippen LogP contribution in [-0.4, -0.2) is 13.1 Å². The van der Waals surface area contributed by atoms with Crippen LogP contribution >= 0.6 is 11.3 Å². The van der Waals surface area contributed by atoms with Crippen LogP contribution in [0, 0.1) is 0 Å². The Morgan fingerprint density at radius 1 is 1.18 bits per heavy atom. The van der Waals surface area contributed by atoms with Gasteiger partial charge in [-0.25, -0.2) is 4.79 Å². The molecular weight excluding hydrogens is 232 g/mol. The zero-order valence-electron chi connectivity index (χ0n) is 9.42. The van der Waals surface area contributed by atoms with Gasteiger partial charge in [0.05, 0.1) is 7.11 Å². The van der Waals surface area contributed by atoms with E-state index in [1.165, 1.54) is 18.4 Å². The molecule has 3 heteroatoms. The van der Waals surface area contributed by atoms with Gasteiger partial charge in [0, 0.05) is 0 Å². The zero-order valence-corrected chi connectivity index (χ0v) is 10.2. The minimum Gasteiger partial charge on any atom is -0.465 e. The molecule has 0 fully saturated rings. The fraction of sp³-hybridized carbons (Fsp3) is 0.0714. The number of carbonyl (C=O) groups is 1. The summed E-state index contributed by atoms with van der Waals surface area (Å²) in [6.07, 6.45) is 3.91. The summed E-state index contributed by atoms with van der Waals surface area (Å²) in [6.45, 7) is 0. The molecule has 0 saturated carbocycles. The number of rotatable bonds is 3. The predicted octanol–water partition coefficient (Wildman–Crippen LogP) is 3.71. The Morgan fingerprint density at radius 2 is 1.94 bits per heavy atom. The van der Waals surface area contributed by atoms with Crippen molar-refractivity contribution in [2.24, 2.45) is 0 Å². The molecule has 1 aromatic heterocycles. The second-order valence-electron chi connectivity index (χ2n) is 3.44. The van der Waals surface area contributed by atoms with Gasteiger partial charge in [-0.1, -0.05) is 42.5 Å². The van der Waals surface area contributed by atoms with Gasteiger partial charge in [0.2, 0.25) is 0 Å². The van der Waals surface area contributed by atoms with Gasteiger partial charge in [0.25, 0.3) is 0 Å². The Bertz CT molecular complexity index is 526. The Morgan fingerprint density at radius 3 is 2.65 bits per heavy atom. The van der Waals surface area contributed by atoms with E-state index in [-0.39, 0.29) is 5.97 Å². The van der Waals surface area contributed by atoms with Crippen molar-refractivity contribution in [1.82, 2.24) is 0 Å². The highest BCUT2D eigenvalue weighted by Gasteiger charge is 2.10. The van der Waals surface area contributed by atoms with Gasteiger partial charge in [-0.2, -0.15) is 0 Å². The van der Waals surface area contributed by atoms with Crippen molar-refractivity contribution in [2.45, 2.75) is 0 Å². The highest BCUT2D eigenvalue weighted by atomic mass is 32.1. The fourth-order valence-electron chi connectivity index (χ4n) is 1.46. The first-order valence-corrected chi connectivity index (χ1v) is 6.08. The molecule has 2 nitrogen and oxygen atoms in total. The average Bonchev–Trinajstić information content (AvgIpc) is 2.85. The summed E-state index contributed by atoms with van der Waals surface area (Å²) in [7, 11) is 1.40. The molecule has 0 atom stereocenters. The van der Waals surface area contributed by atoms with Crippen molar-refractivity contribution in [3.05, 3.63) is 57.8 Å². The maximum absolute atomic E-state index is 11.5. The van der Waals surface area contributed by atoms with Gasteiger partial charge in [0.15, 0.2) is 0 Å². The number of benzene rings is 1. The Hall–Kier alpha value is -1.87. The van der Waals surface area contributed by atoms with E-state index in [0.717, 1.165) is 11.1 Å². The molecule has 1 heterocycles. The highest BCUT2D eigenvalue weighted by molar-refractivity contribution is 7.12. The lowest BCUT2D eigenvalue weighted by Gasteiger charge is -1.97. The highest BCUT2D eigenvalue weighted by Crippen LogP contribution is 2.20. The average molecular weight is 244 g/mol. The van der Waals surface area contributed by atoms with Crippen LogP contribution in [0.5, 0.6) is 0 Å². The summed E-state index contributed by atoms with van der Waals surface area (Å²) < 4.78 is 4.72. The van der Waals surface area contributed by atoms with Gasteiger partial charge in [-0.15, -0.1) is 11.3 Å². The molecule has 0 unspecified atom stereocenters. The minimum absolute atomic E-state index is 0.285. The molecule has 17 heavy (non-hydrogen) atoms. The molecule has 0 amide bonds. The molecule has 0 bridgehead atoms. The molecule has 86 valence electrons. The normalized spacial score (nSPS) is 10.6. The molecular formula is C14H12O2S. The summed E-state index contributed by atoms with van der Waals surface area (Å²) >= 11 is 1.39.